The highest BCUT2D eigenvalue weighted by Gasteiger charge is 2.29. The number of nitrogens with one attached hydrogen (secondary N) is 1. The Morgan fingerprint density at radius 2 is 1.83 bits per heavy atom. The summed E-state index contributed by atoms with van der Waals surface area (Å²) in [5.41, 5.74) is 4.46. The summed E-state index contributed by atoms with van der Waals surface area (Å²) in [6.45, 7) is 1.69. The summed E-state index contributed by atoms with van der Waals surface area (Å²) in [6.07, 6.45) is 1.44. The summed E-state index contributed by atoms with van der Waals surface area (Å²) >= 11 is 0. The van der Waals surface area contributed by atoms with Crippen molar-refractivity contribution >= 4 is 28.2 Å². The monoisotopic (exact) mass is 304 g/mol. The fourth-order valence-corrected chi connectivity index (χ4v) is 2.88. The lowest BCUT2D eigenvalue weighted by atomic mass is 10.1. The average Bonchev–Trinajstić information content (AvgIpc) is 3.10. The fourth-order valence-electron chi connectivity index (χ4n) is 2.88. The van der Waals surface area contributed by atoms with Gasteiger partial charge < -0.3 is 4.42 Å². The summed E-state index contributed by atoms with van der Waals surface area (Å²) < 4.78 is 5.10. The molecule has 1 aromatic heterocycles. The molecular formula is C18H12N2O3. The number of Topliss-reactive ketones (excluding diaryl/α,β-unsaturated/α-hetero) is 1. The highest BCUT2D eigenvalue weighted by Crippen LogP contribution is 2.30. The van der Waals surface area contributed by atoms with Crippen LogP contribution in [-0.2, 0) is 0 Å². The van der Waals surface area contributed by atoms with Gasteiger partial charge in [-0.25, -0.2) is 5.43 Å². The van der Waals surface area contributed by atoms with Crippen LogP contribution in [0.3, 0.4) is 0 Å². The van der Waals surface area contributed by atoms with E-state index < -0.39 is 5.91 Å². The second kappa shape index (κ2) is 4.91. The number of ketones is 1. The molecule has 5 nitrogen and oxygen atoms in total. The zero-order valence-electron chi connectivity index (χ0n) is 12.3. The molecule has 0 fully saturated rings. The molecule has 1 aliphatic rings. The Balaban J connectivity index is 1.74. The number of benzene rings is 2. The molecule has 0 spiro atoms. The van der Waals surface area contributed by atoms with E-state index in [1.165, 1.54) is 6.26 Å². The van der Waals surface area contributed by atoms with Gasteiger partial charge >= 0.3 is 0 Å². The highest BCUT2D eigenvalue weighted by molar-refractivity contribution is 6.59. The van der Waals surface area contributed by atoms with Crippen LogP contribution in [0.15, 0.2) is 58.2 Å². The Hall–Kier alpha value is -3.21. The molecule has 112 valence electrons. The molecule has 0 bridgehead atoms. The first-order chi connectivity index (χ1) is 11.2. The molecule has 23 heavy (non-hydrogen) atoms. The van der Waals surface area contributed by atoms with Gasteiger partial charge in [-0.3, -0.25) is 9.59 Å². The lowest BCUT2D eigenvalue weighted by molar-refractivity contribution is 0.0953. The first kappa shape index (κ1) is 13.5. The van der Waals surface area contributed by atoms with Crippen LogP contribution in [-0.4, -0.2) is 17.4 Å². The number of hydrogen-bond donors (Lipinski definition) is 1. The molecule has 0 unspecified atom stereocenters. The number of hydrazone groups is 1. The van der Waals surface area contributed by atoms with E-state index in [0.717, 1.165) is 16.3 Å². The van der Waals surface area contributed by atoms with Crippen molar-refractivity contribution in [1.82, 2.24) is 5.43 Å². The van der Waals surface area contributed by atoms with E-state index in [-0.39, 0.29) is 11.5 Å². The second-order valence-corrected chi connectivity index (χ2v) is 5.33. The molecule has 0 atom stereocenters. The zero-order valence-corrected chi connectivity index (χ0v) is 12.3. The van der Waals surface area contributed by atoms with Crippen LogP contribution in [0.4, 0.5) is 0 Å². The predicted octanol–water partition coefficient (Wildman–Crippen LogP) is 3.07. The van der Waals surface area contributed by atoms with Crippen molar-refractivity contribution in [3.8, 4) is 0 Å². The number of amides is 1. The molecule has 0 saturated carbocycles. The Morgan fingerprint density at radius 3 is 2.52 bits per heavy atom. The first-order valence-electron chi connectivity index (χ1n) is 7.16. The topological polar surface area (TPSA) is 71.7 Å². The maximum absolute atomic E-state index is 12.5. The van der Waals surface area contributed by atoms with Crippen molar-refractivity contribution in [2.24, 2.45) is 5.10 Å². The second-order valence-electron chi connectivity index (χ2n) is 5.33. The lowest BCUT2D eigenvalue weighted by Crippen LogP contribution is -2.22. The average molecular weight is 304 g/mol. The van der Waals surface area contributed by atoms with Gasteiger partial charge in [0.1, 0.15) is 11.5 Å². The van der Waals surface area contributed by atoms with E-state index in [4.69, 9.17) is 4.42 Å². The number of aryl methyl sites for hydroxylation is 1. The van der Waals surface area contributed by atoms with Gasteiger partial charge in [0.2, 0.25) is 5.78 Å². The minimum Gasteiger partial charge on any atom is -0.469 e. The van der Waals surface area contributed by atoms with Gasteiger partial charge in [0.05, 0.1) is 11.8 Å². The van der Waals surface area contributed by atoms with Gasteiger partial charge in [-0.1, -0.05) is 36.4 Å². The molecular weight excluding hydrogens is 292 g/mol. The third kappa shape index (κ3) is 1.97. The van der Waals surface area contributed by atoms with Crippen LogP contribution < -0.4 is 5.43 Å². The van der Waals surface area contributed by atoms with Crippen LogP contribution >= 0.6 is 0 Å². The Morgan fingerprint density at radius 1 is 1.09 bits per heavy atom. The van der Waals surface area contributed by atoms with Crippen molar-refractivity contribution in [3.05, 3.63) is 71.2 Å². The Bertz CT molecular complexity index is 993. The Kier molecular flexibility index (Phi) is 2.87. The van der Waals surface area contributed by atoms with Crippen LogP contribution in [0.5, 0.6) is 0 Å². The molecule has 0 saturated heterocycles. The smallest absolute Gasteiger partial charge is 0.274 e. The van der Waals surface area contributed by atoms with E-state index in [9.17, 15) is 9.59 Å². The SMILES string of the molecule is Cc1occc1C(=O)N/N=C1/C(=O)c2cccc3cccc1c23. The van der Waals surface area contributed by atoms with Crippen molar-refractivity contribution < 1.29 is 14.0 Å². The van der Waals surface area contributed by atoms with Gasteiger partial charge in [0, 0.05) is 16.5 Å². The molecule has 1 heterocycles. The zero-order chi connectivity index (χ0) is 16.0. The number of carbonyl (C=O) groups excluding carboxylic acids is 2. The molecule has 0 radical (unpaired) electrons. The molecule has 1 N–H and O–H groups in total. The Labute approximate surface area is 131 Å². The van der Waals surface area contributed by atoms with E-state index in [1.54, 1.807) is 19.1 Å². The minimum absolute atomic E-state index is 0.180. The fraction of sp³-hybridized carbons (Fsp3) is 0.0556. The molecule has 0 aliphatic heterocycles. The quantitative estimate of drug-likeness (QED) is 0.740. The van der Waals surface area contributed by atoms with E-state index in [0.29, 0.717) is 16.9 Å². The lowest BCUT2D eigenvalue weighted by Gasteiger charge is -2.01. The number of hydrogen-bond acceptors (Lipinski definition) is 4. The highest BCUT2D eigenvalue weighted by atomic mass is 16.3. The minimum atomic E-state index is -0.403. The van der Waals surface area contributed by atoms with Gasteiger partial charge in [0.25, 0.3) is 5.91 Å². The summed E-state index contributed by atoms with van der Waals surface area (Å²) in [5.74, 6) is -0.0773. The molecule has 1 aliphatic carbocycles. The number of carbonyl (C=O) groups is 2. The van der Waals surface area contributed by atoms with Crippen molar-refractivity contribution in [2.45, 2.75) is 6.92 Å². The predicted molar refractivity (Wildman–Crippen MR) is 85.7 cm³/mol. The molecule has 1 amide bonds. The number of furan rings is 1. The third-order valence-electron chi connectivity index (χ3n) is 3.99. The van der Waals surface area contributed by atoms with Crippen molar-refractivity contribution in [2.75, 3.05) is 0 Å². The first-order valence-corrected chi connectivity index (χ1v) is 7.16. The molecule has 2 aromatic carbocycles. The summed E-state index contributed by atoms with van der Waals surface area (Å²) in [7, 11) is 0. The number of nitrogens with zero attached hydrogens (tertiary/aromatic N) is 1. The number of rotatable bonds is 2. The molecule has 5 heteroatoms. The van der Waals surface area contributed by atoms with Gasteiger partial charge in [0.15, 0.2) is 0 Å². The van der Waals surface area contributed by atoms with Gasteiger partial charge in [-0.2, -0.15) is 5.10 Å². The maximum atomic E-state index is 12.5. The third-order valence-corrected chi connectivity index (χ3v) is 3.99. The maximum Gasteiger partial charge on any atom is 0.274 e. The van der Waals surface area contributed by atoms with E-state index in [2.05, 4.69) is 10.5 Å². The van der Waals surface area contributed by atoms with Crippen LogP contribution in [0.2, 0.25) is 0 Å². The largest absolute Gasteiger partial charge is 0.469 e. The van der Waals surface area contributed by atoms with E-state index >= 15 is 0 Å². The van der Waals surface area contributed by atoms with Gasteiger partial charge in [-0.05, 0) is 18.4 Å². The standard InChI is InChI=1S/C18H12N2O3/c1-10-12(8-9-23-10)18(22)20-19-16-13-6-2-4-11-5-3-7-14(15(11)13)17(16)21/h2-9H,1H3,(H,20,22)/b19-16+. The van der Waals surface area contributed by atoms with Crippen molar-refractivity contribution in [1.29, 1.82) is 0 Å². The normalized spacial score (nSPS) is 14.7. The summed E-state index contributed by atoms with van der Waals surface area (Å²) in [5, 5.41) is 5.93. The van der Waals surface area contributed by atoms with Crippen molar-refractivity contribution in [3.63, 3.8) is 0 Å². The van der Waals surface area contributed by atoms with Crippen LogP contribution in [0, 0.1) is 6.92 Å². The molecule has 3 aromatic rings. The summed E-state index contributed by atoms with van der Waals surface area (Å²) in [4.78, 5) is 24.7. The summed E-state index contributed by atoms with van der Waals surface area (Å²) in [6, 6.07) is 12.8. The van der Waals surface area contributed by atoms with Crippen LogP contribution in [0.25, 0.3) is 10.8 Å². The molecule has 4 rings (SSSR count). The van der Waals surface area contributed by atoms with Crippen LogP contribution in [0.1, 0.15) is 32.0 Å². The van der Waals surface area contributed by atoms with Gasteiger partial charge in [-0.15, -0.1) is 0 Å². The van der Waals surface area contributed by atoms with E-state index in [1.807, 2.05) is 30.3 Å².